The van der Waals surface area contributed by atoms with Crippen LogP contribution in [0.1, 0.15) is 11.1 Å². The molecule has 2 aromatic rings. The van der Waals surface area contributed by atoms with Gasteiger partial charge < -0.3 is 10.2 Å². The van der Waals surface area contributed by atoms with Gasteiger partial charge in [0.05, 0.1) is 0 Å². The molecule has 1 fully saturated rings. The van der Waals surface area contributed by atoms with Crippen molar-refractivity contribution in [2.45, 2.75) is 4.87 Å². The summed E-state index contributed by atoms with van der Waals surface area (Å²) in [6.07, 6.45) is 0. The summed E-state index contributed by atoms with van der Waals surface area (Å²) >= 11 is 1.84. The molecular formula is C16H14N2OS. The van der Waals surface area contributed by atoms with Crippen molar-refractivity contribution in [2.75, 3.05) is 17.6 Å². The lowest BCUT2D eigenvalue weighted by atomic mass is 9.93. The molecule has 2 heterocycles. The molecule has 1 N–H and O–H groups in total. The van der Waals surface area contributed by atoms with Crippen molar-refractivity contribution in [2.24, 2.45) is 0 Å². The number of nitrogens with one attached hydrogen (secondary N) is 1. The number of carbonyl (C=O) groups is 1. The Kier molecular flexibility index (Phi) is 2.54. The molecule has 2 aromatic carbocycles. The Labute approximate surface area is 122 Å². The van der Waals surface area contributed by atoms with Crippen molar-refractivity contribution in [1.82, 2.24) is 4.90 Å². The standard InChI is InChI=1S/C16H14N2OS/c19-15-17-14-9-5-4-8-13(14)16(18(15)10-11-20-16)12-6-2-1-3-7-12/h1-9H,10-11H2,(H,17,19). The van der Waals surface area contributed by atoms with Crippen LogP contribution in [0, 0.1) is 0 Å². The van der Waals surface area contributed by atoms with E-state index < -0.39 is 0 Å². The first-order chi connectivity index (χ1) is 9.82. The number of anilines is 1. The van der Waals surface area contributed by atoms with Crippen molar-refractivity contribution in [1.29, 1.82) is 0 Å². The van der Waals surface area contributed by atoms with E-state index in [9.17, 15) is 4.79 Å². The van der Waals surface area contributed by atoms with Gasteiger partial charge in [0.15, 0.2) is 0 Å². The molecule has 0 saturated carbocycles. The van der Waals surface area contributed by atoms with Crippen LogP contribution in [0.2, 0.25) is 0 Å². The van der Waals surface area contributed by atoms with Crippen LogP contribution >= 0.6 is 11.8 Å². The van der Waals surface area contributed by atoms with E-state index in [4.69, 9.17) is 0 Å². The number of nitrogens with zero attached hydrogens (tertiary/aromatic N) is 1. The molecule has 1 atom stereocenters. The lowest BCUT2D eigenvalue weighted by molar-refractivity contribution is 0.195. The van der Waals surface area contributed by atoms with Gasteiger partial charge in [0.25, 0.3) is 0 Å². The zero-order valence-corrected chi connectivity index (χ0v) is 11.7. The van der Waals surface area contributed by atoms with Crippen LogP contribution in [0.15, 0.2) is 54.6 Å². The zero-order valence-electron chi connectivity index (χ0n) is 10.9. The maximum atomic E-state index is 12.4. The fraction of sp³-hybridized carbons (Fsp3) is 0.188. The molecule has 1 unspecified atom stereocenters. The number of fused-ring (bicyclic) bond motifs is 3. The predicted octanol–water partition coefficient (Wildman–Crippen LogP) is 3.48. The fourth-order valence-electron chi connectivity index (χ4n) is 3.12. The van der Waals surface area contributed by atoms with Crippen LogP contribution in [0.25, 0.3) is 0 Å². The van der Waals surface area contributed by atoms with E-state index in [2.05, 4.69) is 23.5 Å². The van der Waals surface area contributed by atoms with Gasteiger partial charge in [0, 0.05) is 23.5 Å². The van der Waals surface area contributed by atoms with Gasteiger partial charge >= 0.3 is 6.03 Å². The Morgan fingerprint density at radius 2 is 1.80 bits per heavy atom. The summed E-state index contributed by atoms with van der Waals surface area (Å²) in [7, 11) is 0. The lowest BCUT2D eigenvalue weighted by Crippen LogP contribution is -2.50. The van der Waals surface area contributed by atoms with Gasteiger partial charge in [-0.05, 0) is 11.6 Å². The number of hydrogen-bond donors (Lipinski definition) is 1. The van der Waals surface area contributed by atoms with E-state index in [0.29, 0.717) is 0 Å². The zero-order chi connectivity index (χ0) is 13.6. The minimum absolute atomic E-state index is 0.00227. The highest BCUT2D eigenvalue weighted by Crippen LogP contribution is 2.53. The molecule has 0 bridgehead atoms. The van der Waals surface area contributed by atoms with E-state index in [1.54, 1.807) is 0 Å². The number of hydrogen-bond acceptors (Lipinski definition) is 2. The molecule has 1 saturated heterocycles. The normalized spacial score (nSPS) is 24.0. The molecule has 2 amide bonds. The first kappa shape index (κ1) is 11.9. The molecule has 4 heteroatoms. The van der Waals surface area contributed by atoms with Crippen LogP contribution in [0.3, 0.4) is 0 Å². The van der Waals surface area contributed by atoms with E-state index in [1.165, 1.54) is 11.1 Å². The molecule has 0 aliphatic carbocycles. The predicted molar refractivity (Wildman–Crippen MR) is 81.8 cm³/mol. The minimum atomic E-state index is -0.375. The van der Waals surface area contributed by atoms with Crippen molar-refractivity contribution in [3.63, 3.8) is 0 Å². The largest absolute Gasteiger partial charge is 0.323 e. The van der Waals surface area contributed by atoms with Crippen LogP contribution in [0.5, 0.6) is 0 Å². The highest BCUT2D eigenvalue weighted by Gasteiger charge is 2.51. The molecule has 2 aliphatic heterocycles. The third kappa shape index (κ3) is 1.45. The third-order valence-electron chi connectivity index (χ3n) is 3.95. The van der Waals surface area contributed by atoms with Gasteiger partial charge in [0.2, 0.25) is 0 Å². The number of benzene rings is 2. The van der Waals surface area contributed by atoms with Crippen molar-refractivity contribution >= 4 is 23.5 Å². The summed E-state index contributed by atoms with van der Waals surface area (Å²) < 4.78 is 0. The van der Waals surface area contributed by atoms with E-state index in [-0.39, 0.29) is 10.9 Å². The van der Waals surface area contributed by atoms with Gasteiger partial charge in [-0.3, -0.25) is 0 Å². The van der Waals surface area contributed by atoms with Crippen LogP contribution < -0.4 is 5.32 Å². The minimum Gasteiger partial charge on any atom is -0.307 e. The molecule has 4 rings (SSSR count). The second kappa shape index (κ2) is 4.28. The summed E-state index contributed by atoms with van der Waals surface area (Å²) in [6, 6.07) is 18.4. The molecule has 0 radical (unpaired) electrons. The van der Waals surface area contributed by atoms with Gasteiger partial charge in [-0.15, -0.1) is 11.8 Å². The molecule has 100 valence electrons. The summed E-state index contributed by atoms with van der Waals surface area (Å²) in [5.74, 6) is 0.955. The SMILES string of the molecule is O=C1Nc2ccccc2C2(c3ccccc3)SCCN12. The van der Waals surface area contributed by atoms with Crippen molar-refractivity contribution < 1.29 is 4.79 Å². The molecular weight excluding hydrogens is 268 g/mol. The number of rotatable bonds is 1. The Morgan fingerprint density at radius 1 is 1.05 bits per heavy atom. The van der Waals surface area contributed by atoms with E-state index in [1.807, 2.05) is 53.1 Å². The number of urea groups is 1. The van der Waals surface area contributed by atoms with Crippen LogP contribution in [-0.4, -0.2) is 23.2 Å². The topological polar surface area (TPSA) is 32.3 Å². The Morgan fingerprint density at radius 3 is 2.65 bits per heavy atom. The van der Waals surface area contributed by atoms with E-state index >= 15 is 0 Å². The first-order valence-corrected chi connectivity index (χ1v) is 7.68. The Balaban J connectivity index is 2.01. The second-order valence-corrected chi connectivity index (χ2v) is 6.27. The smallest absolute Gasteiger partial charge is 0.307 e. The Hall–Kier alpha value is -1.94. The highest BCUT2D eigenvalue weighted by molar-refractivity contribution is 8.00. The molecule has 0 spiro atoms. The van der Waals surface area contributed by atoms with E-state index in [0.717, 1.165) is 18.0 Å². The summed E-state index contributed by atoms with van der Waals surface area (Å²) in [5.41, 5.74) is 3.27. The van der Waals surface area contributed by atoms with Crippen molar-refractivity contribution in [3.8, 4) is 0 Å². The number of para-hydroxylation sites is 1. The van der Waals surface area contributed by atoms with Crippen LogP contribution in [0.4, 0.5) is 10.5 Å². The number of amides is 2. The summed E-state index contributed by atoms with van der Waals surface area (Å²) in [4.78, 5) is 14.0. The molecule has 3 nitrogen and oxygen atoms in total. The monoisotopic (exact) mass is 282 g/mol. The maximum Gasteiger partial charge on any atom is 0.323 e. The van der Waals surface area contributed by atoms with Crippen LogP contribution in [-0.2, 0) is 4.87 Å². The molecule has 0 aromatic heterocycles. The quantitative estimate of drug-likeness (QED) is 0.868. The molecule has 20 heavy (non-hydrogen) atoms. The van der Waals surface area contributed by atoms with Gasteiger partial charge in [0.1, 0.15) is 4.87 Å². The highest BCUT2D eigenvalue weighted by atomic mass is 32.2. The average molecular weight is 282 g/mol. The lowest BCUT2D eigenvalue weighted by Gasteiger charge is -2.43. The van der Waals surface area contributed by atoms with Crippen molar-refractivity contribution in [3.05, 3.63) is 65.7 Å². The maximum absolute atomic E-state index is 12.4. The summed E-state index contributed by atoms with van der Waals surface area (Å²) in [5, 5.41) is 3.00. The average Bonchev–Trinajstić information content (AvgIpc) is 2.95. The fourth-order valence-corrected chi connectivity index (χ4v) is 4.65. The first-order valence-electron chi connectivity index (χ1n) is 6.70. The van der Waals surface area contributed by atoms with Gasteiger partial charge in [-0.1, -0.05) is 48.5 Å². The van der Waals surface area contributed by atoms with Gasteiger partial charge in [-0.2, -0.15) is 0 Å². The number of thioether (sulfide) groups is 1. The Bertz CT molecular complexity index is 673. The second-order valence-electron chi connectivity index (χ2n) is 4.99. The summed E-state index contributed by atoms with van der Waals surface area (Å²) in [6.45, 7) is 0.778. The molecule has 2 aliphatic rings. The van der Waals surface area contributed by atoms with Gasteiger partial charge in [-0.25, -0.2) is 4.79 Å². The third-order valence-corrected chi connectivity index (χ3v) is 5.43. The number of carbonyl (C=O) groups excluding carboxylic acids is 1.